The first-order valence-corrected chi connectivity index (χ1v) is 6.15. The molecule has 1 N–H and O–H groups in total. The lowest BCUT2D eigenvalue weighted by Gasteiger charge is -2.20. The minimum atomic E-state index is -0.607. The fourth-order valence-corrected chi connectivity index (χ4v) is 3.80. The molecule has 0 spiro atoms. The zero-order chi connectivity index (χ0) is 9.26. The van der Waals surface area contributed by atoms with Crippen molar-refractivity contribution in [3.8, 4) is 0 Å². The summed E-state index contributed by atoms with van der Waals surface area (Å²) in [6, 6.07) is 0. The monoisotopic (exact) mass is 200 g/mol. The predicted octanol–water partition coefficient (Wildman–Crippen LogP) is 2.38. The van der Waals surface area contributed by atoms with Crippen molar-refractivity contribution < 1.29 is 9.90 Å². The summed E-state index contributed by atoms with van der Waals surface area (Å²) in [6.07, 6.45) is 5.49. The first kappa shape index (κ1) is 9.38. The Morgan fingerprint density at radius 2 is 2.23 bits per heavy atom. The largest absolute Gasteiger partial charge is 0.481 e. The number of carboxylic acids is 1. The summed E-state index contributed by atoms with van der Waals surface area (Å²) in [7, 11) is 0. The van der Waals surface area contributed by atoms with Crippen LogP contribution < -0.4 is 0 Å². The highest BCUT2D eigenvalue weighted by molar-refractivity contribution is 8.00. The van der Waals surface area contributed by atoms with Crippen LogP contribution in [0.4, 0.5) is 0 Å². The average molecular weight is 200 g/mol. The van der Waals surface area contributed by atoms with E-state index in [2.05, 4.69) is 0 Å². The van der Waals surface area contributed by atoms with Crippen molar-refractivity contribution in [1.82, 2.24) is 0 Å². The van der Waals surface area contributed by atoms with Crippen molar-refractivity contribution in [3.05, 3.63) is 0 Å². The third-order valence-electron chi connectivity index (χ3n) is 3.08. The Balaban J connectivity index is 1.91. The maximum Gasteiger partial charge on any atom is 0.303 e. The van der Waals surface area contributed by atoms with Crippen LogP contribution in [0.3, 0.4) is 0 Å². The number of carboxylic acid groups (broad SMARTS) is 1. The maximum absolute atomic E-state index is 10.7. The lowest BCUT2D eigenvalue weighted by molar-refractivity contribution is -0.138. The van der Waals surface area contributed by atoms with Gasteiger partial charge in [-0.05, 0) is 43.3 Å². The van der Waals surface area contributed by atoms with Crippen LogP contribution in [0.25, 0.3) is 0 Å². The van der Waals surface area contributed by atoms with Crippen LogP contribution in [-0.4, -0.2) is 22.1 Å². The Kier molecular flexibility index (Phi) is 2.82. The molecule has 0 amide bonds. The van der Waals surface area contributed by atoms with Crippen molar-refractivity contribution in [2.75, 3.05) is 5.75 Å². The summed E-state index contributed by atoms with van der Waals surface area (Å²) >= 11 is 2.00. The number of thioether (sulfide) groups is 1. The summed E-state index contributed by atoms with van der Waals surface area (Å²) < 4.78 is 0. The molecule has 0 bridgehead atoms. The Morgan fingerprint density at radius 1 is 1.46 bits per heavy atom. The van der Waals surface area contributed by atoms with Gasteiger partial charge in [0.15, 0.2) is 0 Å². The summed E-state index contributed by atoms with van der Waals surface area (Å²) in [4.78, 5) is 10.7. The predicted molar refractivity (Wildman–Crippen MR) is 53.9 cm³/mol. The standard InChI is InChI=1S/C10H16O2S/c11-10(12)6-8(7-3-4-7)9-2-1-5-13-9/h7-9H,1-6H2,(H,11,12). The highest BCUT2D eigenvalue weighted by Crippen LogP contribution is 2.46. The van der Waals surface area contributed by atoms with Gasteiger partial charge in [-0.1, -0.05) is 0 Å². The SMILES string of the molecule is O=C(O)CC(C1CC1)C1CCCS1. The quantitative estimate of drug-likeness (QED) is 0.757. The molecule has 0 radical (unpaired) electrons. The smallest absolute Gasteiger partial charge is 0.303 e. The molecule has 2 rings (SSSR count). The lowest BCUT2D eigenvalue weighted by Crippen LogP contribution is -2.20. The molecule has 2 aliphatic rings. The van der Waals surface area contributed by atoms with E-state index >= 15 is 0 Å². The van der Waals surface area contributed by atoms with Gasteiger partial charge in [0.2, 0.25) is 0 Å². The van der Waals surface area contributed by atoms with E-state index in [9.17, 15) is 4.79 Å². The second kappa shape index (κ2) is 3.91. The van der Waals surface area contributed by atoms with Gasteiger partial charge in [-0.25, -0.2) is 0 Å². The molecule has 2 fully saturated rings. The van der Waals surface area contributed by atoms with E-state index < -0.39 is 5.97 Å². The van der Waals surface area contributed by atoms with Crippen molar-refractivity contribution in [2.45, 2.75) is 37.4 Å². The van der Waals surface area contributed by atoms with Crippen molar-refractivity contribution >= 4 is 17.7 Å². The highest BCUT2D eigenvalue weighted by atomic mass is 32.2. The molecular weight excluding hydrogens is 184 g/mol. The molecular formula is C10H16O2S. The van der Waals surface area contributed by atoms with Crippen molar-refractivity contribution in [1.29, 1.82) is 0 Å². The maximum atomic E-state index is 10.7. The Morgan fingerprint density at radius 3 is 2.69 bits per heavy atom. The van der Waals surface area contributed by atoms with Crippen LogP contribution >= 0.6 is 11.8 Å². The van der Waals surface area contributed by atoms with Gasteiger partial charge in [0.25, 0.3) is 0 Å². The number of hydrogen-bond acceptors (Lipinski definition) is 2. The van der Waals surface area contributed by atoms with Gasteiger partial charge in [-0.3, -0.25) is 4.79 Å². The van der Waals surface area contributed by atoms with E-state index in [4.69, 9.17) is 5.11 Å². The first-order valence-electron chi connectivity index (χ1n) is 5.11. The number of rotatable bonds is 4. The highest BCUT2D eigenvalue weighted by Gasteiger charge is 2.38. The molecule has 1 aliphatic carbocycles. The third kappa shape index (κ3) is 2.39. The minimum Gasteiger partial charge on any atom is -0.481 e. The molecule has 2 unspecified atom stereocenters. The topological polar surface area (TPSA) is 37.3 Å². The summed E-state index contributed by atoms with van der Waals surface area (Å²) in [5.41, 5.74) is 0. The van der Waals surface area contributed by atoms with Gasteiger partial charge in [0.05, 0.1) is 0 Å². The molecule has 0 aromatic carbocycles. The van der Waals surface area contributed by atoms with Gasteiger partial charge >= 0.3 is 5.97 Å². The zero-order valence-electron chi connectivity index (χ0n) is 7.74. The fraction of sp³-hybridized carbons (Fsp3) is 0.900. The molecule has 0 aromatic rings. The second-order valence-corrected chi connectivity index (χ2v) is 5.50. The van der Waals surface area contributed by atoms with Crippen molar-refractivity contribution in [2.24, 2.45) is 11.8 Å². The van der Waals surface area contributed by atoms with Gasteiger partial charge in [0, 0.05) is 11.7 Å². The third-order valence-corrected chi connectivity index (χ3v) is 4.62. The van der Waals surface area contributed by atoms with E-state index in [1.807, 2.05) is 11.8 Å². The van der Waals surface area contributed by atoms with Crippen LogP contribution in [0, 0.1) is 11.8 Å². The van der Waals surface area contributed by atoms with E-state index in [1.54, 1.807) is 0 Å². The molecule has 3 heteroatoms. The summed E-state index contributed by atoms with van der Waals surface area (Å²) in [5.74, 6) is 1.86. The molecule has 2 nitrogen and oxygen atoms in total. The van der Waals surface area contributed by atoms with Gasteiger partial charge in [0.1, 0.15) is 0 Å². The van der Waals surface area contributed by atoms with Gasteiger partial charge in [-0.2, -0.15) is 11.8 Å². The fourth-order valence-electron chi connectivity index (χ4n) is 2.27. The van der Waals surface area contributed by atoms with Crippen LogP contribution in [0.5, 0.6) is 0 Å². The summed E-state index contributed by atoms with van der Waals surface area (Å²) in [5, 5.41) is 9.47. The van der Waals surface area contributed by atoms with Gasteiger partial charge in [-0.15, -0.1) is 0 Å². The van der Waals surface area contributed by atoms with Crippen LogP contribution in [0.15, 0.2) is 0 Å². The normalized spacial score (nSPS) is 30.3. The second-order valence-electron chi connectivity index (χ2n) is 4.15. The molecule has 13 heavy (non-hydrogen) atoms. The molecule has 0 aromatic heterocycles. The first-order chi connectivity index (χ1) is 6.27. The Hall–Kier alpha value is -0.180. The number of hydrogen-bond donors (Lipinski definition) is 1. The van der Waals surface area contributed by atoms with E-state index in [1.165, 1.54) is 31.4 Å². The van der Waals surface area contributed by atoms with Crippen LogP contribution in [0.1, 0.15) is 32.1 Å². The molecule has 74 valence electrons. The molecule has 1 heterocycles. The molecule has 1 saturated heterocycles. The number of carbonyl (C=O) groups is 1. The molecule has 1 saturated carbocycles. The Labute approximate surface area is 83.1 Å². The van der Waals surface area contributed by atoms with E-state index in [-0.39, 0.29) is 0 Å². The average Bonchev–Trinajstić information content (AvgIpc) is 2.77. The van der Waals surface area contributed by atoms with Crippen LogP contribution in [-0.2, 0) is 4.79 Å². The molecule has 1 aliphatic heterocycles. The lowest BCUT2D eigenvalue weighted by atomic mass is 9.93. The minimum absolute atomic E-state index is 0.405. The van der Waals surface area contributed by atoms with E-state index in [0.29, 0.717) is 17.6 Å². The van der Waals surface area contributed by atoms with Gasteiger partial charge < -0.3 is 5.11 Å². The zero-order valence-corrected chi connectivity index (χ0v) is 8.55. The van der Waals surface area contributed by atoms with Crippen LogP contribution in [0.2, 0.25) is 0 Å². The number of aliphatic carboxylic acids is 1. The Bertz CT molecular complexity index is 195. The molecule has 2 atom stereocenters. The van der Waals surface area contributed by atoms with E-state index in [0.717, 1.165) is 5.92 Å². The van der Waals surface area contributed by atoms with Crippen molar-refractivity contribution in [3.63, 3.8) is 0 Å². The summed E-state index contributed by atoms with van der Waals surface area (Å²) in [6.45, 7) is 0.